The number of halogens is 3. The van der Waals surface area contributed by atoms with Crippen molar-refractivity contribution in [1.29, 1.82) is 5.26 Å². The van der Waals surface area contributed by atoms with Crippen LogP contribution in [0.5, 0.6) is 5.75 Å². The molecule has 2 aromatic carbocycles. The molecule has 43 heavy (non-hydrogen) atoms. The average Bonchev–Trinajstić information content (AvgIpc) is 3.03. The highest BCUT2D eigenvalue weighted by molar-refractivity contribution is 5.89. The third-order valence-corrected chi connectivity index (χ3v) is 8.56. The number of benzene rings is 2. The largest absolute Gasteiger partial charge is 0.496 e. The Hall–Kier alpha value is -4.14. The van der Waals surface area contributed by atoms with Crippen LogP contribution in [0.4, 0.5) is 18.9 Å². The van der Waals surface area contributed by atoms with E-state index in [9.17, 15) is 23.2 Å². The van der Waals surface area contributed by atoms with Crippen molar-refractivity contribution in [1.82, 2.24) is 15.2 Å². The quantitative estimate of drug-likeness (QED) is 0.427. The van der Waals surface area contributed by atoms with E-state index < -0.39 is 17.2 Å². The van der Waals surface area contributed by atoms with E-state index >= 15 is 0 Å². The number of likely N-dealkylation sites (N-methyl/N-ethyl adjacent to an activating group) is 1. The van der Waals surface area contributed by atoms with Crippen molar-refractivity contribution in [2.75, 3.05) is 58.5 Å². The molecule has 2 saturated heterocycles. The third kappa shape index (κ3) is 6.31. The fourth-order valence-corrected chi connectivity index (χ4v) is 5.88. The van der Waals surface area contributed by atoms with Crippen molar-refractivity contribution in [3.05, 3.63) is 77.5 Å². The highest BCUT2D eigenvalue weighted by atomic mass is 19.4. The van der Waals surface area contributed by atoms with Crippen molar-refractivity contribution in [3.63, 3.8) is 0 Å². The molecule has 5 rings (SSSR count). The lowest BCUT2D eigenvalue weighted by Crippen LogP contribution is -2.55. The summed E-state index contributed by atoms with van der Waals surface area (Å²) >= 11 is 0. The lowest BCUT2D eigenvalue weighted by atomic mass is 9.72. The maximum absolute atomic E-state index is 14.0. The maximum Gasteiger partial charge on any atom is 0.416 e. The predicted octanol–water partition coefficient (Wildman–Crippen LogP) is 4.63. The van der Waals surface area contributed by atoms with E-state index in [4.69, 9.17) is 14.5 Å². The third-order valence-electron chi connectivity index (χ3n) is 8.56. The number of hydrogen-bond donors (Lipinski definition) is 1. The lowest BCUT2D eigenvalue weighted by Gasteiger charge is -2.42. The first-order valence-corrected chi connectivity index (χ1v) is 14.2. The molecule has 3 aromatic rings. The first kappa shape index (κ1) is 30.3. The normalized spacial score (nSPS) is 19.0. The summed E-state index contributed by atoms with van der Waals surface area (Å²) < 4.78 is 50.9. The number of rotatable bonds is 7. The SMILES string of the molecule is COc1ccccc1-c1ccc(C2(C(=O)NC[C@@H]3COCCN3C)CCN(c3ccc(C(F)(F)F)cc3C#N)CC2)cn1. The zero-order chi connectivity index (χ0) is 30.6. The van der Waals surface area contributed by atoms with Gasteiger partial charge in [0.05, 0.1) is 54.3 Å². The highest BCUT2D eigenvalue weighted by Crippen LogP contribution is 2.40. The lowest BCUT2D eigenvalue weighted by molar-refractivity contribution is -0.137. The number of aromatic nitrogens is 1. The fraction of sp³-hybridized carbons (Fsp3) is 0.406. The second kappa shape index (κ2) is 12.6. The number of pyridine rings is 1. The number of alkyl halides is 3. The molecule has 226 valence electrons. The number of nitriles is 1. The number of hydrogen-bond acceptors (Lipinski definition) is 7. The molecule has 0 bridgehead atoms. The molecular weight excluding hydrogens is 559 g/mol. The first-order valence-electron chi connectivity index (χ1n) is 14.2. The number of amides is 1. The molecule has 3 heterocycles. The van der Waals surface area contributed by atoms with Gasteiger partial charge >= 0.3 is 6.18 Å². The molecule has 2 aliphatic heterocycles. The molecule has 1 N–H and O–H groups in total. The van der Waals surface area contributed by atoms with Gasteiger partial charge < -0.3 is 19.7 Å². The van der Waals surface area contributed by atoms with E-state index in [1.165, 1.54) is 6.07 Å². The van der Waals surface area contributed by atoms with E-state index in [-0.39, 0.29) is 17.5 Å². The molecule has 1 atom stereocenters. The second-order valence-corrected chi connectivity index (χ2v) is 11.0. The van der Waals surface area contributed by atoms with E-state index in [1.54, 1.807) is 13.3 Å². The van der Waals surface area contributed by atoms with Crippen molar-refractivity contribution in [3.8, 4) is 23.1 Å². The Balaban J connectivity index is 1.42. The number of para-hydroxylation sites is 1. The number of anilines is 1. The summed E-state index contributed by atoms with van der Waals surface area (Å²) in [6.07, 6.45) is -2.04. The molecule has 2 aliphatic rings. The second-order valence-electron chi connectivity index (χ2n) is 11.0. The number of methoxy groups -OCH3 is 1. The topological polar surface area (TPSA) is 90.7 Å². The Morgan fingerprint density at radius 3 is 2.58 bits per heavy atom. The van der Waals surface area contributed by atoms with Crippen molar-refractivity contribution in [2.24, 2.45) is 0 Å². The van der Waals surface area contributed by atoms with Crippen LogP contribution in [0.3, 0.4) is 0 Å². The van der Waals surface area contributed by atoms with Gasteiger partial charge in [0.15, 0.2) is 0 Å². The van der Waals surface area contributed by atoms with Gasteiger partial charge in [0.2, 0.25) is 5.91 Å². The molecule has 1 amide bonds. The van der Waals surface area contributed by atoms with Crippen LogP contribution in [0.25, 0.3) is 11.3 Å². The van der Waals surface area contributed by atoms with Crippen molar-refractivity contribution < 1.29 is 27.4 Å². The number of ether oxygens (including phenoxy) is 2. The van der Waals surface area contributed by atoms with Crippen LogP contribution in [-0.4, -0.2) is 75.4 Å². The molecular formula is C32H34F3N5O3. The maximum atomic E-state index is 14.0. The van der Waals surface area contributed by atoms with Crippen LogP contribution in [0.2, 0.25) is 0 Å². The van der Waals surface area contributed by atoms with Gasteiger partial charge in [-0.1, -0.05) is 18.2 Å². The minimum absolute atomic E-state index is 0.0464. The molecule has 0 radical (unpaired) electrons. The molecule has 2 fully saturated rings. The molecule has 0 saturated carbocycles. The number of carbonyl (C=O) groups is 1. The van der Waals surface area contributed by atoms with Crippen LogP contribution < -0.4 is 15.0 Å². The highest BCUT2D eigenvalue weighted by Gasteiger charge is 2.44. The van der Waals surface area contributed by atoms with Crippen LogP contribution in [0.1, 0.15) is 29.5 Å². The van der Waals surface area contributed by atoms with Gasteiger partial charge in [-0.15, -0.1) is 0 Å². The Bertz CT molecular complexity index is 1480. The van der Waals surface area contributed by atoms with Gasteiger partial charge in [-0.2, -0.15) is 18.4 Å². The Kier molecular flexibility index (Phi) is 8.89. The van der Waals surface area contributed by atoms with E-state index in [1.807, 2.05) is 54.4 Å². The van der Waals surface area contributed by atoms with Crippen molar-refractivity contribution >= 4 is 11.6 Å². The first-order chi connectivity index (χ1) is 20.7. The Morgan fingerprint density at radius 1 is 1.16 bits per heavy atom. The summed E-state index contributed by atoms with van der Waals surface area (Å²) in [5, 5.41) is 12.8. The smallest absolute Gasteiger partial charge is 0.416 e. The minimum Gasteiger partial charge on any atom is -0.496 e. The molecule has 0 spiro atoms. The predicted molar refractivity (Wildman–Crippen MR) is 156 cm³/mol. The summed E-state index contributed by atoms with van der Waals surface area (Å²) in [6, 6.07) is 16.5. The Morgan fingerprint density at radius 2 is 1.93 bits per heavy atom. The monoisotopic (exact) mass is 593 g/mol. The molecule has 0 aliphatic carbocycles. The molecule has 0 unspecified atom stereocenters. The van der Waals surface area contributed by atoms with Gasteiger partial charge in [0.25, 0.3) is 0 Å². The average molecular weight is 594 g/mol. The summed E-state index contributed by atoms with van der Waals surface area (Å²) in [5.41, 5.74) is 0.886. The van der Waals surface area contributed by atoms with Crippen LogP contribution in [-0.2, 0) is 21.1 Å². The van der Waals surface area contributed by atoms with Crippen molar-refractivity contribution in [2.45, 2.75) is 30.5 Å². The van der Waals surface area contributed by atoms with E-state index in [0.717, 1.165) is 29.8 Å². The summed E-state index contributed by atoms with van der Waals surface area (Å²) in [5.74, 6) is 0.554. The van der Waals surface area contributed by atoms with Crippen LogP contribution in [0.15, 0.2) is 60.8 Å². The van der Waals surface area contributed by atoms with Gasteiger partial charge in [-0.05, 0) is 61.9 Å². The zero-order valence-corrected chi connectivity index (χ0v) is 24.2. The summed E-state index contributed by atoms with van der Waals surface area (Å²) in [4.78, 5) is 22.8. The summed E-state index contributed by atoms with van der Waals surface area (Å²) in [7, 11) is 3.61. The summed E-state index contributed by atoms with van der Waals surface area (Å²) in [6.45, 7) is 3.12. The van der Waals surface area contributed by atoms with E-state index in [2.05, 4.69) is 10.2 Å². The van der Waals surface area contributed by atoms with Gasteiger partial charge in [0.1, 0.15) is 11.8 Å². The number of nitrogens with zero attached hydrogens (tertiary/aromatic N) is 4. The van der Waals surface area contributed by atoms with E-state index in [0.29, 0.717) is 62.8 Å². The molecule has 11 heteroatoms. The number of nitrogens with one attached hydrogen (secondary N) is 1. The number of morpholine rings is 1. The fourth-order valence-electron chi connectivity index (χ4n) is 5.88. The zero-order valence-electron chi connectivity index (χ0n) is 24.2. The molecule has 1 aromatic heterocycles. The van der Waals surface area contributed by atoms with Gasteiger partial charge in [-0.3, -0.25) is 14.7 Å². The standard InChI is InChI=1S/C32H34F3N5O3/c1-39-15-16-43-21-25(39)20-38-30(41)31(24-7-9-27(37-19-24)26-5-3-4-6-29(26)42-2)11-13-40(14-12-31)28-10-8-23(32(33,34)35)17-22(28)18-36/h3-10,17,19,25H,11-16,20-21H2,1-2H3,(H,38,41)/t25-/m1/s1. The van der Waals surface area contributed by atoms with Gasteiger partial charge in [-0.25, -0.2) is 0 Å². The van der Waals surface area contributed by atoms with Gasteiger partial charge in [0, 0.05) is 37.9 Å². The minimum atomic E-state index is -4.54. The molecule has 8 nitrogen and oxygen atoms in total. The van der Waals surface area contributed by atoms with Crippen LogP contribution in [0, 0.1) is 11.3 Å². The number of carbonyl (C=O) groups excluding carboxylic acids is 1. The van der Waals surface area contributed by atoms with Crippen LogP contribution >= 0.6 is 0 Å². The number of piperidine rings is 1. The Labute approximate surface area is 249 Å².